The zero-order valence-corrected chi connectivity index (χ0v) is 20.3. The number of aromatic nitrogens is 6. The minimum absolute atomic E-state index is 0. The number of anilines is 2. The molecule has 0 aromatic carbocycles. The molecule has 4 N–H and O–H groups in total. The summed E-state index contributed by atoms with van der Waals surface area (Å²) in [6.45, 7) is 1.33. The highest BCUT2D eigenvalue weighted by Gasteiger charge is 2.35. The van der Waals surface area contributed by atoms with Crippen LogP contribution in [0.2, 0.25) is 0 Å². The van der Waals surface area contributed by atoms with Crippen molar-refractivity contribution in [3.63, 3.8) is 0 Å². The van der Waals surface area contributed by atoms with E-state index in [1.165, 1.54) is 29.6 Å². The number of carbonyl (C=O) groups excluding carboxylic acids is 1. The molecule has 0 atom stereocenters. The van der Waals surface area contributed by atoms with Gasteiger partial charge in [0, 0.05) is 60.7 Å². The molecule has 0 saturated carbocycles. The summed E-state index contributed by atoms with van der Waals surface area (Å²) in [6, 6.07) is 0. The fourth-order valence-electron chi connectivity index (χ4n) is 2.23. The number of carbonyl (C=O) groups is 1. The average molecular weight is 583 g/mol. The first-order valence-electron chi connectivity index (χ1n) is 9.51. The lowest BCUT2D eigenvalue weighted by Crippen LogP contribution is -2.10. The van der Waals surface area contributed by atoms with Crippen LogP contribution in [0.5, 0.6) is 0 Å². The first-order valence-corrected chi connectivity index (χ1v) is 11.3. The molecule has 0 aliphatic heterocycles. The molecule has 4 rings (SSSR count). The second-order valence-electron chi connectivity index (χ2n) is 6.38. The van der Waals surface area contributed by atoms with Crippen LogP contribution in [0.25, 0.3) is 21.1 Å². The zero-order valence-electron chi connectivity index (χ0n) is 18.7. The Morgan fingerprint density at radius 3 is 1.55 bits per heavy atom. The standard InChI is InChI=1S/C10H7F3N4OS.C8H5F3N4S.CH4O.CH4/c1-5(18)16-7-4-19-8(17-7)6-2-14-9(15-3-6)10(11,12)13;9-8(10,11)7-13-1-4(2-14-7)6-15-5(12)3-16-6;1-2;/h2-4H,1H3,(H,16,18);1-3H,12H2;2H,1H3;1H4. The second-order valence-corrected chi connectivity index (χ2v) is 8.10. The van der Waals surface area contributed by atoms with Crippen LogP contribution in [0.1, 0.15) is 26.0 Å². The minimum Gasteiger partial charge on any atom is -0.400 e. The van der Waals surface area contributed by atoms with Crippen molar-refractivity contribution in [3.05, 3.63) is 47.2 Å². The lowest BCUT2D eigenvalue weighted by atomic mass is 10.3. The first kappa shape index (κ1) is 32.3. The van der Waals surface area contributed by atoms with Gasteiger partial charge in [0.25, 0.3) is 0 Å². The van der Waals surface area contributed by atoms with Gasteiger partial charge in [0.2, 0.25) is 17.6 Å². The fraction of sp³-hybridized carbons (Fsp3) is 0.250. The third-order valence-corrected chi connectivity index (χ3v) is 5.44. The van der Waals surface area contributed by atoms with E-state index >= 15 is 0 Å². The van der Waals surface area contributed by atoms with Crippen molar-refractivity contribution in [2.24, 2.45) is 0 Å². The van der Waals surface area contributed by atoms with Gasteiger partial charge in [-0.1, -0.05) is 7.43 Å². The van der Waals surface area contributed by atoms with Crippen molar-refractivity contribution in [3.8, 4) is 21.1 Å². The Kier molecular flexibility index (Phi) is 11.6. The molecule has 0 fully saturated rings. The van der Waals surface area contributed by atoms with Gasteiger partial charge in [-0.3, -0.25) is 4.79 Å². The largest absolute Gasteiger partial charge is 0.451 e. The number of nitrogens with one attached hydrogen (secondary N) is 1. The smallest absolute Gasteiger partial charge is 0.400 e. The molecule has 206 valence electrons. The number of halogens is 6. The lowest BCUT2D eigenvalue weighted by Gasteiger charge is -2.03. The lowest BCUT2D eigenvalue weighted by molar-refractivity contribution is -0.145. The third-order valence-electron chi connectivity index (χ3n) is 3.63. The van der Waals surface area contributed by atoms with Crippen molar-refractivity contribution in [1.29, 1.82) is 0 Å². The van der Waals surface area contributed by atoms with Crippen LogP contribution in [0.15, 0.2) is 35.5 Å². The molecule has 4 aromatic rings. The monoisotopic (exact) mass is 582 g/mol. The van der Waals surface area contributed by atoms with E-state index in [4.69, 9.17) is 10.8 Å². The number of nitrogens with two attached hydrogens (primary N) is 1. The molecule has 4 aromatic heterocycles. The molecule has 0 aliphatic rings. The maximum atomic E-state index is 12.3. The summed E-state index contributed by atoms with van der Waals surface area (Å²) in [7, 11) is 1.00. The van der Waals surface area contributed by atoms with Gasteiger partial charge in [0.15, 0.2) is 0 Å². The van der Waals surface area contributed by atoms with Crippen LogP contribution in [-0.2, 0) is 17.1 Å². The van der Waals surface area contributed by atoms with Gasteiger partial charge in [0.05, 0.1) is 0 Å². The van der Waals surface area contributed by atoms with Crippen molar-refractivity contribution in [2.45, 2.75) is 26.7 Å². The maximum absolute atomic E-state index is 12.3. The van der Waals surface area contributed by atoms with Crippen molar-refractivity contribution in [1.82, 2.24) is 29.9 Å². The Bertz CT molecular complexity index is 1290. The normalized spacial score (nSPS) is 10.8. The van der Waals surface area contributed by atoms with E-state index in [1.807, 2.05) is 0 Å². The Hall–Kier alpha value is -3.77. The highest BCUT2D eigenvalue weighted by molar-refractivity contribution is 7.13. The van der Waals surface area contributed by atoms with Gasteiger partial charge in [-0.15, -0.1) is 22.7 Å². The van der Waals surface area contributed by atoms with Gasteiger partial charge >= 0.3 is 12.4 Å². The summed E-state index contributed by atoms with van der Waals surface area (Å²) in [4.78, 5) is 31.7. The van der Waals surface area contributed by atoms with Gasteiger partial charge < -0.3 is 16.2 Å². The third kappa shape index (κ3) is 9.27. The van der Waals surface area contributed by atoms with Crippen LogP contribution in [-0.4, -0.2) is 48.0 Å². The quantitative estimate of drug-likeness (QED) is 0.283. The topological polar surface area (TPSA) is 153 Å². The number of aliphatic hydroxyl groups is 1. The number of nitrogens with zero attached hydrogens (tertiary/aromatic N) is 6. The van der Waals surface area contributed by atoms with Gasteiger partial charge in [-0.05, 0) is 0 Å². The summed E-state index contributed by atoms with van der Waals surface area (Å²) in [5.41, 5.74) is 6.16. The molecule has 0 spiro atoms. The predicted molar refractivity (Wildman–Crippen MR) is 130 cm³/mol. The van der Waals surface area contributed by atoms with Crippen molar-refractivity contribution < 1.29 is 36.2 Å². The van der Waals surface area contributed by atoms with Crippen molar-refractivity contribution >= 4 is 40.2 Å². The van der Waals surface area contributed by atoms with Crippen molar-refractivity contribution in [2.75, 3.05) is 18.2 Å². The van der Waals surface area contributed by atoms with Crippen LogP contribution in [0.4, 0.5) is 38.0 Å². The molecule has 0 saturated heterocycles. The molecule has 18 heteroatoms. The van der Waals surface area contributed by atoms with E-state index in [0.29, 0.717) is 32.8 Å². The highest BCUT2D eigenvalue weighted by Crippen LogP contribution is 2.29. The molecule has 0 aliphatic carbocycles. The summed E-state index contributed by atoms with van der Waals surface area (Å²) >= 11 is 2.39. The average Bonchev–Trinajstić information content (AvgIpc) is 3.49. The van der Waals surface area contributed by atoms with Gasteiger partial charge in [0.1, 0.15) is 21.7 Å². The number of rotatable bonds is 3. The second kappa shape index (κ2) is 13.7. The first-order chi connectivity index (χ1) is 17.3. The zero-order chi connectivity index (χ0) is 27.8. The maximum Gasteiger partial charge on any atom is 0.451 e. The summed E-state index contributed by atoms with van der Waals surface area (Å²) in [5.74, 6) is -1.98. The van der Waals surface area contributed by atoms with Crippen LogP contribution < -0.4 is 11.1 Å². The number of hydrogen-bond donors (Lipinski definition) is 3. The van der Waals surface area contributed by atoms with E-state index < -0.39 is 24.0 Å². The van der Waals surface area contributed by atoms with E-state index in [1.54, 1.807) is 10.8 Å². The molecule has 0 radical (unpaired) electrons. The number of aliphatic hydroxyl groups excluding tert-OH is 1. The van der Waals surface area contributed by atoms with Crippen LogP contribution in [0, 0.1) is 0 Å². The summed E-state index contributed by atoms with van der Waals surface area (Å²) in [6.07, 6.45) is -4.84. The fourth-order valence-corrected chi connectivity index (χ4v) is 3.64. The number of nitrogen functional groups attached to an aromatic ring is 1. The van der Waals surface area contributed by atoms with E-state index in [9.17, 15) is 31.1 Å². The van der Waals surface area contributed by atoms with E-state index in [0.717, 1.165) is 31.9 Å². The summed E-state index contributed by atoms with van der Waals surface area (Å²) < 4.78 is 73.4. The van der Waals surface area contributed by atoms with E-state index in [-0.39, 0.29) is 13.3 Å². The number of amides is 1. The molecule has 1 amide bonds. The number of alkyl halides is 6. The Balaban J connectivity index is 0.000000352. The molecule has 10 nitrogen and oxygen atoms in total. The van der Waals surface area contributed by atoms with Crippen LogP contribution >= 0.6 is 22.7 Å². The predicted octanol–water partition coefficient (Wildman–Crippen LogP) is 5.02. The number of thiazole rings is 2. The van der Waals surface area contributed by atoms with Gasteiger partial charge in [-0.2, -0.15) is 26.3 Å². The number of hydrogen-bond acceptors (Lipinski definition) is 11. The molecular weight excluding hydrogens is 562 g/mol. The van der Waals surface area contributed by atoms with Gasteiger partial charge in [-0.25, -0.2) is 29.9 Å². The van der Waals surface area contributed by atoms with E-state index in [2.05, 4.69) is 35.2 Å². The Labute approximate surface area is 219 Å². The summed E-state index contributed by atoms with van der Waals surface area (Å²) in [5, 5.41) is 13.6. The van der Waals surface area contributed by atoms with Crippen LogP contribution in [0.3, 0.4) is 0 Å². The Morgan fingerprint density at radius 2 is 1.21 bits per heavy atom. The molecule has 4 heterocycles. The molecule has 0 bridgehead atoms. The Morgan fingerprint density at radius 1 is 0.816 bits per heavy atom. The SMILES string of the molecule is C.CC(=O)Nc1csc(-c2cnc(C(F)(F)F)nc2)n1.CO.Nc1csc(-c2cnc(C(F)(F)F)nc2)n1. The molecular formula is C20H20F6N8O2S2. The molecule has 38 heavy (non-hydrogen) atoms. The molecule has 0 unspecified atom stereocenters. The highest BCUT2D eigenvalue weighted by atomic mass is 32.1. The minimum atomic E-state index is -4.57.